The van der Waals surface area contributed by atoms with Crippen molar-refractivity contribution in [2.24, 2.45) is 5.92 Å². The van der Waals surface area contributed by atoms with Crippen LogP contribution in [0.2, 0.25) is 0 Å². The number of nitrogens with zero attached hydrogens (tertiary/aromatic N) is 1. The first-order valence-corrected chi connectivity index (χ1v) is 7.34. The van der Waals surface area contributed by atoms with Gasteiger partial charge >= 0.3 is 0 Å². The van der Waals surface area contributed by atoms with Gasteiger partial charge in [0.25, 0.3) is 0 Å². The first kappa shape index (κ1) is 16.0. The molecule has 1 saturated heterocycles. The smallest absolute Gasteiger partial charge is 0.223 e. The quantitative estimate of drug-likeness (QED) is 0.843. The molecule has 2 rings (SSSR count). The zero-order chi connectivity index (χ0) is 15.9. The normalized spacial score (nSPS) is 14.9. The molecule has 1 aliphatic heterocycles. The van der Waals surface area contributed by atoms with E-state index in [1.165, 1.54) is 6.07 Å². The van der Waals surface area contributed by atoms with Gasteiger partial charge in [-0.3, -0.25) is 9.59 Å². The highest BCUT2D eigenvalue weighted by atomic mass is 19.1. The molecule has 0 saturated carbocycles. The number of likely N-dealkylation sites (tertiary alicyclic amines) is 1. The maximum Gasteiger partial charge on any atom is 0.223 e. The monoisotopic (exact) mass is 302 g/mol. The Balaban J connectivity index is 1.78. The van der Waals surface area contributed by atoms with Crippen LogP contribution in [0.1, 0.15) is 25.3 Å². The second kappa shape index (κ2) is 7.60. The van der Waals surface area contributed by atoms with Gasteiger partial charge in [0.15, 0.2) is 0 Å². The molecule has 22 heavy (non-hydrogen) atoms. The van der Waals surface area contributed by atoms with Gasteiger partial charge in [-0.05, 0) is 25.0 Å². The van der Waals surface area contributed by atoms with Crippen LogP contribution in [0, 0.1) is 23.6 Å². The highest BCUT2D eigenvalue weighted by Gasteiger charge is 2.25. The van der Waals surface area contributed by atoms with E-state index < -0.39 is 0 Å². The van der Waals surface area contributed by atoms with Crippen molar-refractivity contribution in [3.05, 3.63) is 35.6 Å². The summed E-state index contributed by atoms with van der Waals surface area (Å²) in [6, 6.07) is 6.28. The fraction of sp³-hybridized carbons (Fsp3) is 0.412. The SMILES string of the molecule is CC(=O)N1CCC(C(=O)NCC#Cc2ccccc2F)CC1. The molecule has 1 aromatic carbocycles. The predicted octanol–water partition coefficient (Wildman–Crippen LogP) is 1.55. The van der Waals surface area contributed by atoms with Crippen molar-refractivity contribution in [2.75, 3.05) is 19.6 Å². The minimum absolute atomic E-state index is 0.0500. The van der Waals surface area contributed by atoms with Gasteiger partial charge in [0, 0.05) is 25.9 Å². The standard InChI is InChI=1S/C17H19FN2O2/c1-13(21)20-11-8-15(9-12-20)17(22)19-10-4-6-14-5-2-3-7-16(14)18/h2-3,5,7,15H,8-12H2,1H3,(H,19,22). The van der Waals surface area contributed by atoms with Gasteiger partial charge in [-0.15, -0.1) is 0 Å². The van der Waals surface area contributed by atoms with Crippen molar-refractivity contribution >= 4 is 11.8 Å². The van der Waals surface area contributed by atoms with Gasteiger partial charge in [0.2, 0.25) is 11.8 Å². The number of halogens is 1. The van der Waals surface area contributed by atoms with E-state index in [1.807, 2.05) is 0 Å². The number of benzene rings is 1. The van der Waals surface area contributed by atoms with E-state index in [9.17, 15) is 14.0 Å². The van der Waals surface area contributed by atoms with Crippen molar-refractivity contribution in [1.82, 2.24) is 10.2 Å². The molecular weight excluding hydrogens is 283 g/mol. The lowest BCUT2D eigenvalue weighted by Gasteiger charge is -2.30. The van der Waals surface area contributed by atoms with Gasteiger partial charge in [-0.2, -0.15) is 0 Å². The van der Waals surface area contributed by atoms with Gasteiger partial charge in [-0.1, -0.05) is 24.0 Å². The van der Waals surface area contributed by atoms with Gasteiger partial charge < -0.3 is 10.2 Å². The van der Waals surface area contributed by atoms with Crippen molar-refractivity contribution in [2.45, 2.75) is 19.8 Å². The number of hydrogen-bond donors (Lipinski definition) is 1. The summed E-state index contributed by atoms with van der Waals surface area (Å²) in [5.74, 6) is 5.01. The van der Waals surface area contributed by atoms with E-state index in [2.05, 4.69) is 17.2 Å². The van der Waals surface area contributed by atoms with Crippen LogP contribution in [-0.2, 0) is 9.59 Å². The average molecular weight is 302 g/mol. The number of carbonyl (C=O) groups is 2. The lowest BCUT2D eigenvalue weighted by molar-refractivity contribution is -0.133. The summed E-state index contributed by atoms with van der Waals surface area (Å²) in [7, 11) is 0. The van der Waals surface area contributed by atoms with E-state index in [-0.39, 0.29) is 30.1 Å². The third kappa shape index (κ3) is 4.32. The van der Waals surface area contributed by atoms with Crippen molar-refractivity contribution in [1.29, 1.82) is 0 Å². The van der Waals surface area contributed by atoms with Crippen LogP contribution in [0.3, 0.4) is 0 Å². The molecule has 0 bridgehead atoms. The van der Waals surface area contributed by atoms with Crippen LogP contribution >= 0.6 is 0 Å². The highest BCUT2D eigenvalue weighted by molar-refractivity contribution is 5.79. The zero-order valence-corrected chi connectivity index (χ0v) is 12.6. The molecule has 4 nitrogen and oxygen atoms in total. The van der Waals surface area contributed by atoms with E-state index in [0.717, 1.165) is 0 Å². The molecule has 5 heteroatoms. The Morgan fingerprint density at radius 2 is 2.00 bits per heavy atom. The Morgan fingerprint density at radius 3 is 2.64 bits per heavy atom. The Morgan fingerprint density at radius 1 is 1.32 bits per heavy atom. The summed E-state index contributed by atoms with van der Waals surface area (Å²) >= 11 is 0. The summed E-state index contributed by atoms with van der Waals surface area (Å²) in [5, 5.41) is 2.75. The van der Waals surface area contributed by atoms with Crippen LogP contribution < -0.4 is 5.32 Å². The number of carbonyl (C=O) groups excluding carboxylic acids is 2. The minimum atomic E-state index is -0.363. The van der Waals surface area contributed by atoms with Gasteiger partial charge in [0.05, 0.1) is 12.1 Å². The maximum absolute atomic E-state index is 13.3. The third-order valence-electron chi connectivity index (χ3n) is 3.76. The van der Waals surface area contributed by atoms with Crippen LogP contribution in [0.25, 0.3) is 0 Å². The Hall–Kier alpha value is -2.35. The van der Waals surface area contributed by atoms with Crippen molar-refractivity contribution in [3.8, 4) is 11.8 Å². The molecule has 1 fully saturated rings. The fourth-order valence-electron chi connectivity index (χ4n) is 2.43. The molecule has 116 valence electrons. The fourth-order valence-corrected chi connectivity index (χ4v) is 2.43. The number of piperidine rings is 1. The third-order valence-corrected chi connectivity index (χ3v) is 3.76. The molecule has 1 aromatic rings. The minimum Gasteiger partial charge on any atom is -0.345 e. The van der Waals surface area contributed by atoms with Crippen LogP contribution in [0.5, 0.6) is 0 Å². The van der Waals surface area contributed by atoms with E-state index >= 15 is 0 Å². The van der Waals surface area contributed by atoms with E-state index in [4.69, 9.17) is 0 Å². The predicted molar refractivity (Wildman–Crippen MR) is 81.3 cm³/mol. The van der Waals surface area contributed by atoms with Gasteiger partial charge in [0.1, 0.15) is 5.82 Å². The summed E-state index contributed by atoms with van der Waals surface area (Å²) < 4.78 is 13.3. The largest absolute Gasteiger partial charge is 0.345 e. The molecule has 1 aliphatic rings. The molecule has 0 aromatic heterocycles. The summed E-state index contributed by atoms with van der Waals surface area (Å²) in [5.41, 5.74) is 0.325. The molecular formula is C17H19FN2O2. The molecule has 2 amide bonds. The lowest BCUT2D eigenvalue weighted by atomic mass is 9.96. The highest BCUT2D eigenvalue weighted by Crippen LogP contribution is 2.17. The first-order chi connectivity index (χ1) is 10.6. The Kier molecular flexibility index (Phi) is 5.54. The Bertz CT molecular complexity index is 611. The van der Waals surface area contributed by atoms with Gasteiger partial charge in [-0.25, -0.2) is 4.39 Å². The number of amides is 2. The molecule has 1 N–H and O–H groups in total. The number of rotatable bonds is 2. The number of hydrogen-bond acceptors (Lipinski definition) is 2. The molecule has 0 spiro atoms. The summed E-state index contributed by atoms with van der Waals surface area (Å²) in [4.78, 5) is 25.0. The number of nitrogens with one attached hydrogen (secondary N) is 1. The molecule has 0 unspecified atom stereocenters. The van der Waals surface area contributed by atoms with Crippen LogP contribution in [0.4, 0.5) is 4.39 Å². The van der Waals surface area contributed by atoms with Crippen molar-refractivity contribution < 1.29 is 14.0 Å². The van der Waals surface area contributed by atoms with E-state index in [0.29, 0.717) is 31.5 Å². The lowest BCUT2D eigenvalue weighted by Crippen LogP contribution is -2.42. The van der Waals surface area contributed by atoms with Crippen LogP contribution in [0.15, 0.2) is 24.3 Å². The molecule has 0 aliphatic carbocycles. The van der Waals surface area contributed by atoms with Crippen LogP contribution in [-0.4, -0.2) is 36.3 Å². The first-order valence-electron chi connectivity index (χ1n) is 7.34. The van der Waals surface area contributed by atoms with Crippen molar-refractivity contribution in [3.63, 3.8) is 0 Å². The maximum atomic E-state index is 13.3. The summed E-state index contributed by atoms with van der Waals surface area (Å²) in [6.07, 6.45) is 1.35. The summed E-state index contributed by atoms with van der Waals surface area (Å²) in [6.45, 7) is 2.97. The van der Waals surface area contributed by atoms with E-state index in [1.54, 1.807) is 30.0 Å². The Labute approximate surface area is 129 Å². The molecule has 1 heterocycles. The second-order valence-electron chi connectivity index (χ2n) is 5.28. The second-order valence-corrected chi connectivity index (χ2v) is 5.28. The average Bonchev–Trinajstić information content (AvgIpc) is 2.53. The molecule has 0 atom stereocenters. The molecule has 0 radical (unpaired) electrons. The zero-order valence-electron chi connectivity index (χ0n) is 12.6. The topological polar surface area (TPSA) is 49.4 Å².